The maximum absolute atomic E-state index is 13.1. The highest BCUT2D eigenvalue weighted by atomic mass is 16.1. The van der Waals surface area contributed by atoms with Crippen LogP contribution in [-0.2, 0) is 6.54 Å². The van der Waals surface area contributed by atoms with E-state index in [9.17, 15) is 4.79 Å². The molecular formula is C27H29N7O. The summed E-state index contributed by atoms with van der Waals surface area (Å²) in [6.45, 7) is 3.44. The molecular weight excluding hydrogens is 438 g/mol. The van der Waals surface area contributed by atoms with Crippen LogP contribution >= 0.6 is 0 Å². The van der Waals surface area contributed by atoms with Crippen LogP contribution < -0.4 is 20.7 Å². The van der Waals surface area contributed by atoms with Gasteiger partial charge in [-0.25, -0.2) is 9.97 Å². The van der Waals surface area contributed by atoms with E-state index < -0.39 is 0 Å². The summed E-state index contributed by atoms with van der Waals surface area (Å²) in [7, 11) is 3.99. The van der Waals surface area contributed by atoms with Gasteiger partial charge in [0.25, 0.3) is 5.56 Å². The summed E-state index contributed by atoms with van der Waals surface area (Å²) in [5, 5.41) is 3.38. The zero-order valence-electron chi connectivity index (χ0n) is 20.2. The molecule has 1 aliphatic heterocycles. The lowest BCUT2D eigenvalue weighted by atomic mass is 10.1. The number of fused-ring (bicyclic) bond motifs is 1. The smallest absolute Gasteiger partial charge is 0.255 e. The standard InChI is InChI=1S/C27H29N7O/c1-19(20-9-5-4-6-10-20)29-26-28-14-13-24(31-26)33-15-8-16-34-25(35)18-23(30-27(33)34)21-11-7-12-22(17-21)32(2)3/h4-7,9-14,17-19H,8,15-16H2,1-3H3,(H,28,29,31). The number of rotatable bonds is 6. The SMILES string of the molecule is CC(Nc1nccc(N2CCCn3c2nc(-c2cccc(N(C)C)c2)cc3=O)n1)c1ccccc1. The van der Waals surface area contributed by atoms with Crippen LogP contribution in [0.3, 0.4) is 0 Å². The molecule has 0 saturated heterocycles. The molecule has 4 aromatic rings. The second-order valence-electron chi connectivity index (χ2n) is 8.90. The van der Waals surface area contributed by atoms with Gasteiger partial charge < -0.3 is 10.2 Å². The molecule has 2 aromatic carbocycles. The van der Waals surface area contributed by atoms with Crippen molar-refractivity contribution >= 4 is 23.4 Å². The van der Waals surface area contributed by atoms with Crippen LogP contribution in [0, 0.1) is 0 Å². The van der Waals surface area contributed by atoms with Crippen LogP contribution in [0.4, 0.5) is 23.4 Å². The van der Waals surface area contributed by atoms with Crippen molar-refractivity contribution in [3.05, 3.63) is 88.8 Å². The van der Waals surface area contributed by atoms with E-state index in [2.05, 4.69) is 29.4 Å². The van der Waals surface area contributed by atoms with E-state index in [-0.39, 0.29) is 11.6 Å². The highest BCUT2D eigenvalue weighted by Gasteiger charge is 2.23. The third-order valence-corrected chi connectivity index (χ3v) is 6.21. The zero-order valence-corrected chi connectivity index (χ0v) is 20.2. The normalized spacial score (nSPS) is 13.7. The second kappa shape index (κ2) is 9.58. The fourth-order valence-electron chi connectivity index (χ4n) is 4.29. The molecule has 2 aromatic heterocycles. The van der Waals surface area contributed by atoms with Crippen molar-refractivity contribution in [2.24, 2.45) is 0 Å². The Morgan fingerprint density at radius 1 is 0.971 bits per heavy atom. The Hall–Kier alpha value is -4.20. The fourth-order valence-corrected chi connectivity index (χ4v) is 4.29. The molecule has 1 aliphatic rings. The van der Waals surface area contributed by atoms with E-state index in [1.165, 1.54) is 0 Å². The van der Waals surface area contributed by atoms with Gasteiger partial charge in [0.15, 0.2) is 0 Å². The molecule has 1 atom stereocenters. The minimum Gasteiger partial charge on any atom is -0.378 e. The summed E-state index contributed by atoms with van der Waals surface area (Å²) in [5.41, 5.74) is 3.71. The predicted molar refractivity (Wildman–Crippen MR) is 140 cm³/mol. The molecule has 3 heterocycles. The third kappa shape index (κ3) is 4.73. The van der Waals surface area contributed by atoms with Gasteiger partial charge in [-0.1, -0.05) is 42.5 Å². The molecule has 35 heavy (non-hydrogen) atoms. The minimum atomic E-state index is -0.0601. The highest BCUT2D eigenvalue weighted by Crippen LogP contribution is 2.29. The van der Waals surface area contributed by atoms with Crippen LogP contribution in [-0.4, -0.2) is 40.2 Å². The first-order chi connectivity index (χ1) is 17.0. The first-order valence-corrected chi connectivity index (χ1v) is 11.8. The van der Waals surface area contributed by atoms with Crippen LogP contribution in [0.1, 0.15) is 24.9 Å². The number of hydrogen-bond donors (Lipinski definition) is 1. The van der Waals surface area contributed by atoms with E-state index >= 15 is 0 Å². The van der Waals surface area contributed by atoms with Crippen molar-refractivity contribution in [2.75, 3.05) is 35.8 Å². The largest absolute Gasteiger partial charge is 0.378 e. The predicted octanol–water partition coefficient (Wildman–Crippen LogP) is 4.48. The Kier molecular flexibility index (Phi) is 6.18. The summed E-state index contributed by atoms with van der Waals surface area (Å²) < 4.78 is 1.73. The Morgan fingerprint density at radius 2 is 1.80 bits per heavy atom. The monoisotopic (exact) mass is 467 g/mol. The topological polar surface area (TPSA) is 79.2 Å². The molecule has 0 fully saturated rings. The maximum Gasteiger partial charge on any atom is 0.255 e. The summed E-state index contributed by atoms with van der Waals surface area (Å²) in [6.07, 6.45) is 2.57. The molecule has 0 amide bonds. The van der Waals surface area contributed by atoms with Crippen molar-refractivity contribution in [2.45, 2.75) is 25.9 Å². The zero-order chi connectivity index (χ0) is 24.4. The highest BCUT2D eigenvalue weighted by molar-refractivity contribution is 5.67. The molecule has 178 valence electrons. The maximum atomic E-state index is 13.1. The lowest BCUT2D eigenvalue weighted by Crippen LogP contribution is -2.36. The van der Waals surface area contributed by atoms with Crippen molar-refractivity contribution in [1.82, 2.24) is 19.5 Å². The second-order valence-corrected chi connectivity index (χ2v) is 8.90. The minimum absolute atomic E-state index is 0.0522. The summed E-state index contributed by atoms with van der Waals surface area (Å²) in [6, 6.07) is 21.8. The van der Waals surface area contributed by atoms with Gasteiger partial charge in [-0.05, 0) is 37.1 Å². The van der Waals surface area contributed by atoms with Crippen LogP contribution in [0.2, 0.25) is 0 Å². The van der Waals surface area contributed by atoms with Crippen molar-refractivity contribution in [3.63, 3.8) is 0 Å². The number of aromatic nitrogens is 4. The lowest BCUT2D eigenvalue weighted by Gasteiger charge is -2.30. The Morgan fingerprint density at radius 3 is 2.60 bits per heavy atom. The molecule has 0 saturated carbocycles. The van der Waals surface area contributed by atoms with Crippen LogP contribution in [0.5, 0.6) is 0 Å². The van der Waals surface area contributed by atoms with E-state index in [0.717, 1.165) is 29.8 Å². The van der Waals surface area contributed by atoms with E-state index in [1.54, 1.807) is 16.8 Å². The molecule has 0 spiro atoms. The number of hydrogen-bond acceptors (Lipinski definition) is 7. The number of anilines is 4. The summed E-state index contributed by atoms with van der Waals surface area (Å²) in [4.78, 5) is 31.2. The Labute approximate surface area is 204 Å². The summed E-state index contributed by atoms with van der Waals surface area (Å²) in [5.74, 6) is 1.85. The Balaban J connectivity index is 1.49. The lowest BCUT2D eigenvalue weighted by molar-refractivity contribution is 0.561. The van der Waals surface area contributed by atoms with E-state index in [4.69, 9.17) is 9.97 Å². The molecule has 5 rings (SSSR count). The van der Waals surface area contributed by atoms with Gasteiger partial charge in [0.2, 0.25) is 11.9 Å². The van der Waals surface area contributed by atoms with Crippen molar-refractivity contribution in [1.29, 1.82) is 0 Å². The van der Waals surface area contributed by atoms with Crippen molar-refractivity contribution in [3.8, 4) is 11.3 Å². The van der Waals surface area contributed by atoms with Gasteiger partial charge in [-0.15, -0.1) is 0 Å². The molecule has 1 unspecified atom stereocenters. The summed E-state index contributed by atoms with van der Waals surface area (Å²) >= 11 is 0. The number of nitrogens with one attached hydrogen (secondary N) is 1. The molecule has 8 nitrogen and oxygen atoms in total. The van der Waals surface area contributed by atoms with E-state index in [1.807, 2.05) is 72.4 Å². The average molecular weight is 468 g/mol. The van der Waals surface area contributed by atoms with Gasteiger partial charge in [-0.2, -0.15) is 4.98 Å². The molecule has 1 N–H and O–H groups in total. The van der Waals surface area contributed by atoms with Gasteiger partial charge >= 0.3 is 0 Å². The van der Waals surface area contributed by atoms with E-state index in [0.29, 0.717) is 30.0 Å². The van der Waals surface area contributed by atoms with Gasteiger partial charge in [0, 0.05) is 50.7 Å². The van der Waals surface area contributed by atoms with Crippen LogP contribution in [0.25, 0.3) is 11.3 Å². The first kappa shape index (κ1) is 22.6. The number of benzene rings is 2. The average Bonchev–Trinajstić information content (AvgIpc) is 2.89. The fraction of sp³-hybridized carbons (Fsp3) is 0.259. The molecule has 8 heteroatoms. The van der Waals surface area contributed by atoms with Crippen molar-refractivity contribution < 1.29 is 0 Å². The van der Waals surface area contributed by atoms with Gasteiger partial charge in [-0.3, -0.25) is 14.3 Å². The van der Waals surface area contributed by atoms with Gasteiger partial charge in [0.05, 0.1) is 11.7 Å². The third-order valence-electron chi connectivity index (χ3n) is 6.21. The Bertz CT molecular complexity index is 1380. The number of nitrogens with zero attached hydrogens (tertiary/aromatic N) is 6. The molecule has 0 radical (unpaired) electrons. The van der Waals surface area contributed by atoms with Gasteiger partial charge in [0.1, 0.15) is 5.82 Å². The first-order valence-electron chi connectivity index (χ1n) is 11.8. The quantitative estimate of drug-likeness (QED) is 0.448. The van der Waals surface area contributed by atoms with Crippen LogP contribution in [0.15, 0.2) is 77.7 Å². The molecule has 0 bridgehead atoms. The molecule has 0 aliphatic carbocycles.